The van der Waals surface area contributed by atoms with Crippen LogP contribution in [0.5, 0.6) is 0 Å². The van der Waals surface area contributed by atoms with Gasteiger partial charge in [0, 0.05) is 0 Å². The molecule has 98 valence electrons. The van der Waals surface area contributed by atoms with Gasteiger partial charge in [-0.3, -0.25) is 5.43 Å². The van der Waals surface area contributed by atoms with Gasteiger partial charge in [-0.15, -0.1) is 5.53 Å². The van der Waals surface area contributed by atoms with Gasteiger partial charge in [0.05, 0.1) is 12.5 Å². The predicted molar refractivity (Wildman–Crippen MR) is 68.8 cm³/mol. The molecule has 0 atom stereocenters. The largest absolute Gasteiger partial charge is 0.298 e. The molecule has 2 heterocycles. The molecule has 0 aliphatic carbocycles. The van der Waals surface area contributed by atoms with E-state index in [1.807, 2.05) is 27.7 Å². The van der Waals surface area contributed by atoms with E-state index in [0.717, 1.165) is 10.7 Å². The summed E-state index contributed by atoms with van der Waals surface area (Å²) in [5.41, 5.74) is 5.62. The van der Waals surface area contributed by atoms with Gasteiger partial charge in [0.1, 0.15) is 12.0 Å². The molecule has 1 aromatic rings. The zero-order valence-electron chi connectivity index (χ0n) is 10.7. The van der Waals surface area contributed by atoms with Gasteiger partial charge in [-0.2, -0.15) is 4.41 Å². The van der Waals surface area contributed by atoms with E-state index >= 15 is 0 Å². The summed E-state index contributed by atoms with van der Waals surface area (Å²) in [6, 6.07) is 0. The third kappa shape index (κ3) is 3.82. The van der Waals surface area contributed by atoms with Crippen LogP contribution in [-0.4, -0.2) is 24.6 Å². The zero-order chi connectivity index (χ0) is 13.5. The van der Waals surface area contributed by atoms with Crippen molar-refractivity contribution < 1.29 is 8.42 Å². The van der Waals surface area contributed by atoms with Crippen molar-refractivity contribution in [3.63, 3.8) is 0 Å². The molecule has 0 unspecified atom stereocenters. The quantitative estimate of drug-likeness (QED) is 0.788. The number of aromatic nitrogens is 2. The Bertz CT molecular complexity index is 435. The summed E-state index contributed by atoms with van der Waals surface area (Å²) in [5, 5.41) is 0. The molecule has 8 heteroatoms. The first kappa shape index (κ1) is 15.6. The second-order valence-corrected chi connectivity index (χ2v) is 4.36. The number of anilines is 2. The average Bonchev–Trinajstić information content (AvgIpc) is 2.77. The predicted octanol–water partition coefficient (Wildman–Crippen LogP) is 1.14. The summed E-state index contributed by atoms with van der Waals surface area (Å²) in [5.74, 6) is 0.303. The lowest BCUT2D eigenvalue weighted by molar-refractivity contribution is 0.592. The van der Waals surface area contributed by atoms with Crippen molar-refractivity contribution in [2.45, 2.75) is 27.7 Å². The average molecular weight is 261 g/mol. The van der Waals surface area contributed by atoms with Gasteiger partial charge in [0.25, 0.3) is 0 Å². The third-order valence-electron chi connectivity index (χ3n) is 1.51. The van der Waals surface area contributed by atoms with Gasteiger partial charge < -0.3 is 0 Å². The number of rotatable bonds is 1. The Morgan fingerprint density at radius 1 is 1.24 bits per heavy atom. The van der Waals surface area contributed by atoms with Crippen LogP contribution in [0.2, 0.25) is 0 Å². The van der Waals surface area contributed by atoms with Crippen LogP contribution in [0, 0.1) is 0 Å². The molecule has 17 heavy (non-hydrogen) atoms. The second kappa shape index (κ2) is 7.02. The summed E-state index contributed by atoms with van der Waals surface area (Å²) >= 11 is 0. The van der Waals surface area contributed by atoms with Crippen molar-refractivity contribution in [2.75, 3.05) is 16.1 Å². The van der Waals surface area contributed by atoms with Crippen molar-refractivity contribution in [1.82, 2.24) is 15.5 Å². The first-order valence-corrected chi connectivity index (χ1v) is 7.26. The zero-order valence-corrected chi connectivity index (χ0v) is 11.5. The van der Waals surface area contributed by atoms with Crippen molar-refractivity contribution >= 4 is 21.5 Å². The second-order valence-electron chi connectivity index (χ2n) is 2.52. The molecule has 0 spiro atoms. The Labute approximate surface area is 102 Å². The maximum Gasteiger partial charge on any atom is 0.248 e. The van der Waals surface area contributed by atoms with Crippen LogP contribution in [-0.2, 0) is 10.0 Å². The molecule has 1 aliphatic rings. The van der Waals surface area contributed by atoms with E-state index in [1.165, 1.54) is 12.5 Å². The van der Waals surface area contributed by atoms with E-state index in [2.05, 4.69) is 20.9 Å². The Balaban J connectivity index is 0.000000581. The van der Waals surface area contributed by atoms with Crippen LogP contribution in [0.3, 0.4) is 0 Å². The van der Waals surface area contributed by atoms with E-state index in [4.69, 9.17) is 0 Å². The fraction of sp³-hybridized carbons (Fsp3) is 0.556. The summed E-state index contributed by atoms with van der Waals surface area (Å²) < 4.78 is 23.3. The Morgan fingerprint density at radius 2 is 1.82 bits per heavy atom. The minimum absolute atomic E-state index is 0.303. The van der Waals surface area contributed by atoms with Gasteiger partial charge in [-0.05, 0) is 0 Å². The third-order valence-corrected chi connectivity index (χ3v) is 2.43. The van der Waals surface area contributed by atoms with Crippen molar-refractivity contribution in [1.29, 1.82) is 0 Å². The molecule has 2 N–H and O–H groups in total. The first-order chi connectivity index (χ1) is 8.09. The highest BCUT2D eigenvalue weighted by Crippen LogP contribution is 2.25. The Morgan fingerprint density at radius 3 is 2.35 bits per heavy atom. The van der Waals surface area contributed by atoms with E-state index in [-0.39, 0.29) is 0 Å². The van der Waals surface area contributed by atoms with Gasteiger partial charge in [-0.1, -0.05) is 27.7 Å². The lowest BCUT2D eigenvalue weighted by Gasteiger charge is -2.12. The number of nitrogens with zero attached hydrogens (tertiary/aromatic N) is 3. The van der Waals surface area contributed by atoms with E-state index in [0.29, 0.717) is 11.5 Å². The number of hydrogen-bond acceptors (Lipinski definition) is 6. The minimum Gasteiger partial charge on any atom is -0.298 e. The number of hydrazine groups is 2. The Kier molecular flexibility index (Phi) is 6.44. The topological polar surface area (TPSA) is 87.2 Å². The van der Waals surface area contributed by atoms with Crippen LogP contribution in [0.25, 0.3) is 0 Å². The van der Waals surface area contributed by atoms with Crippen LogP contribution < -0.4 is 15.4 Å². The van der Waals surface area contributed by atoms with Crippen LogP contribution >= 0.6 is 0 Å². The number of fused-ring (bicyclic) bond motifs is 1. The highest BCUT2D eigenvalue weighted by atomic mass is 32.2. The lowest BCUT2D eigenvalue weighted by atomic mass is 10.5. The molecule has 0 fully saturated rings. The van der Waals surface area contributed by atoms with Crippen LogP contribution in [0.1, 0.15) is 27.7 Å². The molecule has 0 aromatic carbocycles. The molecule has 0 saturated carbocycles. The van der Waals surface area contributed by atoms with E-state index in [1.54, 1.807) is 0 Å². The molecule has 0 saturated heterocycles. The maximum absolute atomic E-state index is 11.2. The fourth-order valence-corrected chi connectivity index (χ4v) is 1.65. The van der Waals surface area contributed by atoms with Crippen molar-refractivity contribution in [2.24, 2.45) is 0 Å². The summed E-state index contributed by atoms with van der Waals surface area (Å²) in [6.45, 7) is 8.00. The highest BCUT2D eigenvalue weighted by Gasteiger charge is 2.27. The number of hydrogen-bond donors (Lipinski definition) is 2. The van der Waals surface area contributed by atoms with E-state index < -0.39 is 10.0 Å². The monoisotopic (exact) mass is 261 g/mol. The van der Waals surface area contributed by atoms with Gasteiger partial charge >= 0.3 is 0 Å². The fourth-order valence-electron chi connectivity index (χ4n) is 0.977. The summed E-state index contributed by atoms with van der Waals surface area (Å²) in [4.78, 5) is 7.56. The molecule has 0 bridgehead atoms. The molecular weight excluding hydrogens is 242 g/mol. The summed E-state index contributed by atoms with van der Waals surface area (Å²) in [7, 11) is -3.35. The van der Waals surface area contributed by atoms with Gasteiger partial charge in [0.2, 0.25) is 10.0 Å². The highest BCUT2D eigenvalue weighted by molar-refractivity contribution is 7.92. The van der Waals surface area contributed by atoms with Crippen molar-refractivity contribution in [3.8, 4) is 0 Å². The first-order valence-electron chi connectivity index (χ1n) is 5.41. The van der Waals surface area contributed by atoms with Crippen LogP contribution in [0.15, 0.2) is 12.5 Å². The van der Waals surface area contributed by atoms with Gasteiger partial charge in [0.15, 0.2) is 5.82 Å². The van der Waals surface area contributed by atoms with Crippen molar-refractivity contribution in [3.05, 3.63) is 12.5 Å². The SMILES string of the molecule is CC.CC.CS(=O)(=O)N1NNc2cncnc21. The Hall–Kier alpha value is -1.41. The molecule has 0 amide bonds. The molecule has 1 aliphatic heterocycles. The molecule has 0 radical (unpaired) electrons. The summed E-state index contributed by atoms with van der Waals surface area (Å²) in [6.07, 6.45) is 3.85. The standard InChI is InChI=1S/C5H7N5O2S.2C2H6/c1-13(11,12)10-5-4(8-9-10)2-6-3-7-5;2*1-2/h2-3,8-9H,1H3;2*1-2H3. The number of nitrogens with one attached hydrogen (secondary N) is 2. The normalized spacial score (nSPS) is 12.4. The lowest BCUT2D eigenvalue weighted by Crippen LogP contribution is -2.40. The van der Waals surface area contributed by atoms with Crippen LogP contribution in [0.4, 0.5) is 11.5 Å². The molecule has 7 nitrogen and oxygen atoms in total. The van der Waals surface area contributed by atoms with E-state index in [9.17, 15) is 8.42 Å². The smallest absolute Gasteiger partial charge is 0.248 e. The molecule has 2 rings (SSSR count). The van der Waals surface area contributed by atoms with Gasteiger partial charge in [-0.25, -0.2) is 18.4 Å². The molecule has 1 aromatic heterocycles. The minimum atomic E-state index is -3.35. The maximum atomic E-state index is 11.2. The number of sulfonamides is 1. The molecular formula is C9H19N5O2S.